The van der Waals surface area contributed by atoms with Crippen LogP contribution in [0, 0.1) is 13.8 Å². The molecule has 0 radical (unpaired) electrons. The van der Waals surface area contributed by atoms with Gasteiger partial charge in [-0.3, -0.25) is 4.68 Å². The summed E-state index contributed by atoms with van der Waals surface area (Å²) in [6.45, 7) is 6.19. The molecule has 0 aliphatic carbocycles. The maximum atomic E-state index is 5.74. The fourth-order valence-corrected chi connectivity index (χ4v) is 1.81. The predicted octanol–water partition coefficient (Wildman–Crippen LogP) is 1.80. The van der Waals surface area contributed by atoms with Crippen molar-refractivity contribution in [2.75, 3.05) is 13.2 Å². The van der Waals surface area contributed by atoms with Crippen molar-refractivity contribution in [3.8, 4) is 5.75 Å². The molecule has 0 saturated heterocycles. The highest BCUT2D eigenvalue weighted by molar-refractivity contribution is 5.31. The van der Waals surface area contributed by atoms with Crippen molar-refractivity contribution in [2.45, 2.75) is 20.4 Å². The number of furan rings is 1. The molecule has 1 N–H and O–H groups in total. The lowest BCUT2D eigenvalue weighted by molar-refractivity contribution is 0.309. The zero-order chi connectivity index (χ0) is 13.0. The molecule has 0 fully saturated rings. The van der Waals surface area contributed by atoms with E-state index < -0.39 is 0 Å². The van der Waals surface area contributed by atoms with Gasteiger partial charge in [0.25, 0.3) is 0 Å². The quantitative estimate of drug-likeness (QED) is 0.793. The standard InChI is InChI=1S/C13H19N3O2/c1-10-13(11(2)16(3)15-10)18-7-5-14-8-12-4-6-17-9-12/h4,6,9,14H,5,7-8H2,1-3H3. The average molecular weight is 249 g/mol. The molecule has 0 aromatic carbocycles. The zero-order valence-electron chi connectivity index (χ0n) is 11.1. The van der Waals surface area contributed by atoms with Gasteiger partial charge in [0.2, 0.25) is 0 Å². The second-order valence-electron chi connectivity index (χ2n) is 4.28. The molecular weight excluding hydrogens is 230 g/mol. The van der Waals surface area contributed by atoms with E-state index >= 15 is 0 Å². The monoisotopic (exact) mass is 249 g/mol. The number of aromatic nitrogens is 2. The lowest BCUT2D eigenvalue weighted by atomic mass is 10.3. The Bertz CT molecular complexity index is 489. The number of nitrogens with one attached hydrogen (secondary N) is 1. The first-order valence-electron chi connectivity index (χ1n) is 6.03. The third-order valence-electron chi connectivity index (χ3n) is 2.88. The van der Waals surface area contributed by atoms with Gasteiger partial charge in [-0.2, -0.15) is 5.10 Å². The summed E-state index contributed by atoms with van der Waals surface area (Å²) in [4.78, 5) is 0. The van der Waals surface area contributed by atoms with E-state index in [2.05, 4.69) is 10.4 Å². The van der Waals surface area contributed by atoms with E-state index in [4.69, 9.17) is 9.15 Å². The Hall–Kier alpha value is -1.75. The lowest BCUT2D eigenvalue weighted by Crippen LogP contribution is -2.20. The Morgan fingerprint density at radius 1 is 1.44 bits per heavy atom. The molecule has 2 aromatic heterocycles. The fraction of sp³-hybridized carbons (Fsp3) is 0.462. The predicted molar refractivity (Wildman–Crippen MR) is 68.6 cm³/mol. The summed E-state index contributed by atoms with van der Waals surface area (Å²) < 4.78 is 12.6. The molecule has 5 heteroatoms. The van der Waals surface area contributed by atoms with Crippen LogP contribution in [0.4, 0.5) is 0 Å². The van der Waals surface area contributed by atoms with Gasteiger partial charge < -0.3 is 14.5 Å². The van der Waals surface area contributed by atoms with Gasteiger partial charge in [-0.05, 0) is 19.9 Å². The van der Waals surface area contributed by atoms with Gasteiger partial charge in [0.1, 0.15) is 12.3 Å². The number of hydrogen-bond donors (Lipinski definition) is 1. The van der Waals surface area contributed by atoms with Crippen molar-refractivity contribution in [1.29, 1.82) is 0 Å². The van der Waals surface area contributed by atoms with E-state index in [-0.39, 0.29) is 0 Å². The summed E-state index contributed by atoms with van der Waals surface area (Å²) in [6, 6.07) is 1.95. The van der Waals surface area contributed by atoms with Crippen LogP contribution in [0.5, 0.6) is 5.75 Å². The fourth-order valence-electron chi connectivity index (χ4n) is 1.81. The van der Waals surface area contributed by atoms with Gasteiger partial charge in [-0.1, -0.05) is 0 Å². The molecule has 2 aromatic rings. The normalized spacial score (nSPS) is 10.8. The first kappa shape index (κ1) is 12.7. The molecule has 98 valence electrons. The molecule has 2 heterocycles. The highest BCUT2D eigenvalue weighted by atomic mass is 16.5. The van der Waals surface area contributed by atoms with Crippen molar-refractivity contribution in [1.82, 2.24) is 15.1 Å². The summed E-state index contributed by atoms with van der Waals surface area (Å²) in [5.41, 5.74) is 3.14. The van der Waals surface area contributed by atoms with Gasteiger partial charge in [-0.25, -0.2) is 0 Å². The molecule has 18 heavy (non-hydrogen) atoms. The van der Waals surface area contributed by atoms with E-state index in [1.807, 2.05) is 31.6 Å². The highest BCUT2D eigenvalue weighted by Gasteiger charge is 2.09. The number of hydrogen-bond acceptors (Lipinski definition) is 4. The van der Waals surface area contributed by atoms with E-state index in [0.29, 0.717) is 6.61 Å². The largest absolute Gasteiger partial charge is 0.488 e. The maximum absolute atomic E-state index is 5.74. The smallest absolute Gasteiger partial charge is 0.163 e. The summed E-state index contributed by atoms with van der Waals surface area (Å²) in [5.74, 6) is 0.891. The van der Waals surface area contributed by atoms with Crippen LogP contribution in [-0.4, -0.2) is 22.9 Å². The van der Waals surface area contributed by atoms with Gasteiger partial charge in [-0.15, -0.1) is 0 Å². The van der Waals surface area contributed by atoms with Crippen LogP contribution in [0.3, 0.4) is 0 Å². The summed E-state index contributed by atoms with van der Waals surface area (Å²) >= 11 is 0. The first-order valence-corrected chi connectivity index (χ1v) is 6.03. The molecular formula is C13H19N3O2. The van der Waals surface area contributed by atoms with E-state index in [0.717, 1.165) is 35.8 Å². The Morgan fingerprint density at radius 3 is 2.89 bits per heavy atom. The minimum absolute atomic E-state index is 0.630. The third-order valence-corrected chi connectivity index (χ3v) is 2.88. The molecule has 0 atom stereocenters. The Labute approximate surface area is 107 Å². The van der Waals surface area contributed by atoms with Crippen molar-refractivity contribution in [3.05, 3.63) is 35.5 Å². The molecule has 0 spiro atoms. The molecule has 0 saturated carbocycles. The van der Waals surface area contributed by atoms with Crippen LogP contribution in [0.2, 0.25) is 0 Å². The number of aryl methyl sites for hydroxylation is 2. The Morgan fingerprint density at radius 2 is 2.28 bits per heavy atom. The summed E-state index contributed by atoms with van der Waals surface area (Å²) in [5, 5.41) is 7.60. The first-order chi connectivity index (χ1) is 8.68. The van der Waals surface area contributed by atoms with Gasteiger partial charge in [0.05, 0.1) is 18.2 Å². The second-order valence-corrected chi connectivity index (χ2v) is 4.28. The highest BCUT2D eigenvalue weighted by Crippen LogP contribution is 2.20. The SMILES string of the molecule is Cc1nn(C)c(C)c1OCCNCc1ccoc1. The van der Waals surface area contributed by atoms with E-state index in [1.54, 1.807) is 12.5 Å². The minimum atomic E-state index is 0.630. The molecule has 0 aliphatic rings. The molecule has 0 amide bonds. The Kier molecular flexibility index (Phi) is 4.04. The van der Waals surface area contributed by atoms with Gasteiger partial charge >= 0.3 is 0 Å². The van der Waals surface area contributed by atoms with E-state index in [9.17, 15) is 0 Å². The maximum Gasteiger partial charge on any atom is 0.163 e. The van der Waals surface area contributed by atoms with Gasteiger partial charge in [0.15, 0.2) is 5.75 Å². The van der Waals surface area contributed by atoms with Crippen molar-refractivity contribution in [3.63, 3.8) is 0 Å². The molecule has 0 unspecified atom stereocenters. The van der Waals surface area contributed by atoms with E-state index in [1.165, 1.54) is 0 Å². The number of ether oxygens (including phenoxy) is 1. The summed E-state index contributed by atoms with van der Waals surface area (Å²) in [7, 11) is 1.92. The molecule has 0 aliphatic heterocycles. The third kappa shape index (κ3) is 2.92. The van der Waals surface area contributed by atoms with Crippen LogP contribution < -0.4 is 10.1 Å². The Balaban J connectivity index is 1.72. The van der Waals surface area contributed by atoms with Crippen molar-refractivity contribution in [2.24, 2.45) is 7.05 Å². The van der Waals surface area contributed by atoms with Gasteiger partial charge in [0, 0.05) is 25.7 Å². The van der Waals surface area contributed by atoms with Crippen LogP contribution in [0.15, 0.2) is 23.0 Å². The van der Waals surface area contributed by atoms with Crippen LogP contribution in [0.1, 0.15) is 17.0 Å². The second kappa shape index (κ2) is 5.73. The van der Waals surface area contributed by atoms with Crippen LogP contribution >= 0.6 is 0 Å². The zero-order valence-corrected chi connectivity index (χ0v) is 11.1. The molecule has 5 nitrogen and oxygen atoms in total. The van der Waals surface area contributed by atoms with Crippen molar-refractivity contribution >= 4 is 0 Å². The van der Waals surface area contributed by atoms with Crippen LogP contribution in [-0.2, 0) is 13.6 Å². The minimum Gasteiger partial charge on any atom is -0.488 e. The topological polar surface area (TPSA) is 52.2 Å². The van der Waals surface area contributed by atoms with Crippen LogP contribution in [0.25, 0.3) is 0 Å². The lowest BCUT2D eigenvalue weighted by Gasteiger charge is -2.07. The summed E-state index contributed by atoms with van der Waals surface area (Å²) in [6.07, 6.45) is 3.42. The van der Waals surface area contributed by atoms with Crippen molar-refractivity contribution < 1.29 is 9.15 Å². The number of rotatable bonds is 6. The number of nitrogens with zero attached hydrogens (tertiary/aromatic N) is 2. The average Bonchev–Trinajstić information content (AvgIpc) is 2.92. The molecule has 2 rings (SSSR count). The molecule has 0 bridgehead atoms.